The third-order valence-electron chi connectivity index (χ3n) is 7.45. The van der Waals surface area contributed by atoms with E-state index in [4.69, 9.17) is 4.74 Å². The van der Waals surface area contributed by atoms with Crippen LogP contribution in [0.2, 0.25) is 0 Å². The monoisotopic (exact) mass is 509 g/mol. The quantitative estimate of drug-likeness (QED) is 0.316. The van der Waals surface area contributed by atoms with Gasteiger partial charge in [0.25, 0.3) is 5.91 Å². The summed E-state index contributed by atoms with van der Waals surface area (Å²) >= 11 is 0. The molecule has 0 bridgehead atoms. The Morgan fingerprint density at radius 1 is 0.947 bits per heavy atom. The molecule has 5 rings (SSSR count). The van der Waals surface area contributed by atoms with E-state index >= 15 is 0 Å². The van der Waals surface area contributed by atoms with Crippen LogP contribution in [-0.4, -0.2) is 59.5 Å². The maximum atomic E-state index is 13.9. The molecular formula is C32H35N3O3. The van der Waals surface area contributed by atoms with E-state index in [0.717, 1.165) is 28.6 Å². The topological polar surface area (TPSA) is 54.8 Å². The molecular weight excluding hydrogens is 474 g/mol. The number of carbonyl (C=O) groups is 2. The van der Waals surface area contributed by atoms with Crippen LogP contribution in [0.1, 0.15) is 53.0 Å². The summed E-state index contributed by atoms with van der Waals surface area (Å²) in [4.78, 5) is 31.0. The van der Waals surface area contributed by atoms with Crippen LogP contribution in [0.25, 0.3) is 10.8 Å². The SMILES string of the molecule is COCCN(CC(=O)N1CCn2cccc2C1c1ccc(C(C)C)cc1)C(=O)c1ccc2ccccc2c1. The molecule has 0 spiro atoms. The van der Waals surface area contributed by atoms with Crippen molar-refractivity contribution in [1.29, 1.82) is 0 Å². The fourth-order valence-corrected chi connectivity index (χ4v) is 5.28. The zero-order valence-electron chi connectivity index (χ0n) is 22.3. The molecule has 0 N–H and O–H groups in total. The highest BCUT2D eigenvalue weighted by Crippen LogP contribution is 2.33. The van der Waals surface area contributed by atoms with Gasteiger partial charge >= 0.3 is 0 Å². The lowest BCUT2D eigenvalue weighted by molar-refractivity contribution is -0.134. The molecule has 1 aromatic heterocycles. The maximum absolute atomic E-state index is 13.9. The maximum Gasteiger partial charge on any atom is 0.254 e. The number of fused-ring (bicyclic) bond motifs is 2. The Hall–Kier alpha value is -3.90. The number of aromatic nitrogens is 1. The van der Waals surface area contributed by atoms with E-state index in [0.29, 0.717) is 31.2 Å². The molecule has 0 saturated carbocycles. The van der Waals surface area contributed by atoms with Crippen LogP contribution in [-0.2, 0) is 16.1 Å². The van der Waals surface area contributed by atoms with Crippen LogP contribution in [0.4, 0.5) is 0 Å². The molecule has 2 amide bonds. The van der Waals surface area contributed by atoms with Crippen molar-refractivity contribution in [2.75, 3.05) is 33.4 Å². The molecule has 196 valence electrons. The van der Waals surface area contributed by atoms with E-state index in [9.17, 15) is 9.59 Å². The van der Waals surface area contributed by atoms with E-state index in [2.05, 4.69) is 54.9 Å². The second kappa shape index (κ2) is 11.2. The molecule has 0 saturated heterocycles. The molecule has 38 heavy (non-hydrogen) atoms. The number of benzene rings is 3. The van der Waals surface area contributed by atoms with Crippen molar-refractivity contribution in [2.24, 2.45) is 0 Å². The third kappa shape index (κ3) is 5.22. The normalized spacial score (nSPS) is 15.1. The average Bonchev–Trinajstić information content (AvgIpc) is 3.43. The number of amides is 2. The molecule has 0 aliphatic carbocycles. The minimum atomic E-state index is -0.201. The number of rotatable bonds is 8. The van der Waals surface area contributed by atoms with Crippen LogP contribution >= 0.6 is 0 Å². The molecule has 0 fully saturated rings. The molecule has 4 aromatic rings. The highest BCUT2D eigenvalue weighted by molar-refractivity contribution is 6.00. The average molecular weight is 510 g/mol. The van der Waals surface area contributed by atoms with Crippen molar-refractivity contribution in [2.45, 2.75) is 32.4 Å². The first-order valence-corrected chi connectivity index (χ1v) is 13.3. The second-order valence-corrected chi connectivity index (χ2v) is 10.2. The van der Waals surface area contributed by atoms with Gasteiger partial charge in [-0.15, -0.1) is 0 Å². The van der Waals surface area contributed by atoms with Crippen molar-refractivity contribution >= 4 is 22.6 Å². The van der Waals surface area contributed by atoms with Gasteiger partial charge in [-0.25, -0.2) is 0 Å². The van der Waals surface area contributed by atoms with E-state index in [1.54, 1.807) is 12.0 Å². The van der Waals surface area contributed by atoms with Crippen molar-refractivity contribution in [3.8, 4) is 0 Å². The number of carbonyl (C=O) groups excluding carboxylic acids is 2. The van der Waals surface area contributed by atoms with Gasteiger partial charge in [0.1, 0.15) is 6.54 Å². The summed E-state index contributed by atoms with van der Waals surface area (Å²) in [6, 6.07) is 26.1. The highest BCUT2D eigenvalue weighted by atomic mass is 16.5. The van der Waals surface area contributed by atoms with Gasteiger partial charge in [-0.1, -0.05) is 68.4 Å². The van der Waals surface area contributed by atoms with Gasteiger partial charge < -0.3 is 19.1 Å². The van der Waals surface area contributed by atoms with Crippen LogP contribution in [0.5, 0.6) is 0 Å². The van der Waals surface area contributed by atoms with E-state index in [1.165, 1.54) is 5.56 Å². The summed E-state index contributed by atoms with van der Waals surface area (Å²) in [6.07, 6.45) is 2.07. The minimum absolute atomic E-state index is 0.00366. The van der Waals surface area contributed by atoms with Crippen molar-refractivity contribution < 1.29 is 14.3 Å². The molecule has 2 heterocycles. The van der Waals surface area contributed by atoms with Crippen molar-refractivity contribution in [3.05, 3.63) is 107 Å². The minimum Gasteiger partial charge on any atom is -0.383 e. The van der Waals surface area contributed by atoms with Gasteiger partial charge in [-0.3, -0.25) is 9.59 Å². The van der Waals surface area contributed by atoms with Gasteiger partial charge in [0.2, 0.25) is 5.91 Å². The number of nitrogens with zero attached hydrogens (tertiary/aromatic N) is 3. The second-order valence-electron chi connectivity index (χ2n) is 10.2. The third-order valence-corrected chi connectivity index (χ3v) is 7.45. The summed E-state index contributed by atoms with van der Waals surface area (Å²) in [5.41, 5.74) is 4.00. The summed E-state index contributed by atoms with van der Waals surface area (Å²) in [7, 11) is 1.61. The molecule has 1 atom stereocenters. The summed E-state index contributed by atoms with van der Waals surface area (Å²) < 4.78 is 7.51. The molecule has 6 nitrogen and oxygen atoms in total. The largest absolute Gasteiger partial charge is 0.383 e. The van der Waals surface area contributed by atoms with E-state index < -0.39 is 0 Å². The number of hydrogen-bond acceptors (Lipinski definition) is 3. The lowest BCUT2D eigenvalue weighted by atomic mass is 9.95. The first-order valence-electron chi connectivity index (χ1n) is 13.3. The number of ether oxygens (including phenoxy) is 1. The molecule has 3 aromatic carbocycles. The number of hydrogen-bond donors (Lipinski definition) is 0. The van der Waals surface area contributed by atoms with E-state index in [-0.39, 0.29) is 24.4 Å². The summed E-state index contributed by atoms with van der Waals surface area (Å²) in [5.74, 6) is 0.201. The van der Waals surface area contributed by atoms with Gasteiger partial charge in [0.05, 0.1) is 12.6 Å². The molecule has 1 unspecified atom stereocenters. The molecule has 1 aliphatic heterocycles. The zero-order chi connectivity index (χ0) is 26.6. The molecule has 0 radical (unpaired) electrons. The van der Waals surface area contributed by atoms with Crippen LogP contribution in [0.3, 0.4) is 0 Å². The number of methoxy groups -OCH3 is 1. The Labute approximate surface area is 224 Å². The van der Waals surface area contributed by atoms with Gasteiger partial charge in [-0.2, -0.15) is 0 Å². The fraction of sp³-hybridized carbons (Fsp3) is 0.312. The van der Waals surface area contributed by atoms with Gasteiger partial charge in [0.15, 0.2) is 0 Å². The van der Waals surface area contributed by atoms with Gasteiger partial charge in [-0.05, 0) is 52.1 Å². The smallest absolute Gasteiger partial charge is 0.254 e. The summed E-state index contributed by atoms with van der Waals surface area (Å²) in [5, 5.41) is 2.07. The lowest BCUT2D eigenvalue weighted by Gasteiger charge is -2.38. The predicted molar refractivity (Wildman–Crippen MR) is 150 cm³/mol. The molecule has 6 heteroatoms. The standard InChI is InChI=1S/C32H35N3O3/c1-23(2)24-10-13-26(14-11-24)31-29-9-6-16-33(29)17-18-35(31)30(36)22-34(19-20-38-3)32(37)28-15-12-25-7-4-5-8-27(25)21-28/h4-16,21,23,31H,17-20,22H2,1-3H3. The van der Waals surface area contributed by atoms with Crippen molar-refractivity contribution in [1.82, 2.24) is 14.4 Å². The highest BCUT2D eigenvalue weighted by Gasteiger charge is 2.33. The predicted octanol–water partition coefficient (Wildman–Crippen LogP) is 5.49. The zero-order valence-corrected chi connectivity index (χ0v) is 22.3. The van der Waals surface area contributed by atoms with Crippen LogP contribution < -0.4 is 0 Å². The first-order chi connectivity index (χ1) is 18.5. The van der Waals surface area contributed by atoms with Crippen LogP contribution in [0, 0.1) is 0 Å². The van der Waals surface area contributed by atoms with Gasteiger partial charge in [0, 0.05) is 44.2 Å². The summed E-state index contributed by atoms with van der Waals surface area (Å²) in [6.45, 7) is 6.36. The van der Waals surface area contributed by atoms with Crippen molar-refractivity contribution in [3.63, 3.8) is 0 Å². The lowest BCUT2D eigenvalue weighted by Crippen LogP contribution is -2.48. The fourth-order valence-electron chi connectivity index (χ4n) is 5.28. The van der Waals surface area contributed by atoms with Crippen LogP contribution in [0.15, 0.2) is 85.1 Å². The Morgan fingerprint density at radius 3 is 2.45 bits per heavy atom. The molecule has 1 aliphatic rings. The Morgan fingerprint density at radius 2 is 1.71 bits per heavy atom. The Kier molecular flexibility index (Phi) is 7.61. The Balaban J connectivity index is 1.42. The Bertz CT molecular complexity index is 1420. The van der Waals surface area contributed by atoms with E-state index in [1.807, 2.05) is 53.4 Å². The first kappa shape index (κ1) is 25.7.